The highest BCUT2D eigenvalue weighted by Gasteiger charge is 2.05. The van der Waals surface area contributed by atoms with E-state index in [2.05, 4.69) is 15.0 Å². The third kappa shape index (κ3) is 4.95. The summed E-state index contributed by atoms with van der Waals surface area (Å²) in [6.07, 6.45) is 4.56. The Balaban J connectivity index is 1.87. The fourth-order valence-corrected chi connectivity index (χ4v) is 3.12. The Hall–Kier alpha value is -2.57. The molecule has 0 unspecified atom stereocenters. The van der Waals surface area contributed by atoms with Gasteiger partial charge in [-0.3, -0.25) is 9.71 Å². The SMILES string of the molecule is CS(=O)(=O)Nc1cccc(-c2cncc(Nc3cccc(Cl)c3)c2)c1. The summed E-state index contributed by atoms with van der Waals surface area (Å²) in [4.78, 5) is 4.25. The quantitative estimate of drug-likeness (QED) is 0.689. The summed E-state index contributed by atoms with van der Waals surface area (Å²) < 4.78 is 25.3. The van der Waals surface area contributed by atoms with Gasteiger partial charge < -0.3 is 5.32 Å². The molecule has 0 amide bonds. The molecule has 3 rings (SSSR count). The van der Waals surface area contributed by atoms with E-state index in [1.165, 1.54) is 0 Å². The molecule has 0 atom stereocenters. The van der Waals surface area contributed by atoms with Crippen molar-refractivity contribution in [1.82, 2.24) is 4.98 Å². The molecule has 25 heavy (non-hydrogen) atoms. The van der Waals surface area contributed by atoms with E-state index in [1.54, 1.807) is 30.6 Å². The molecule has 0 fully saturated rings. The lowest BCUT2D eigenvalue weighted by molar-refractivity contribution is 0.607. The van der Waals surface area contributed by atoms with Gasteiger partial charge in [0, 0.05) is 28.2 Å². The molecule has 0 radical (unpaired) electrons. The minimum atomic E-state index is -3.32. The molecule has 1 aromatic heterocycles. The number of benzene rings is 2. The minimum Gasteiger partial charge on any atom is -0.354 e. The van der Waals surface area contributed by atoms with Crippen LogP contribution in [0, 0.1) is 0 Å². The summed E-state index contributed by atoms with van der Waals surface area (Å²) in [6, 6.07) is 16.5. The lowest BCUT2D eigenvalue weighted by Gasteiger charge is -2.10. The second-order valence-corrected chi connectivity index (χ2v) is 7.74. The zero-order chi connectivity index (χ0) is 17.9. The number of pyridine rings is 1. The maximum atomic E-state index is 11.4. The number of rotatable bonds is 5. The lowest BCUT2D eigenvalue weighted by Crippen LogP contribution is -2.09. The molecule has 0 saturated carbocycles. The van der Waals surface area contributed by atoms with Crippen molar-refractivity contribution in [3.05, 3.63) is 72.0 Å². The molecule has 5 nitrogen and oxygen atoms in total. The highest BCUT2D eigenvalue weighted by Crippen LogP contribution is 2.26. The van der Waals surface area contributed by atoms with E-state index in [1.807, 2.05) is 36.4 Å². The third-order valence-electron chi connectivity index (χ3n) is 3.35. The zero-order valence-corrected chi connectivity index (χ0v) is 15.0. The van der Waals surface area contributed by atoms with Crippen LogP contribution in [0.3, 0.4) is 0 Å². The minimum absolute atomic E-state index is 0.508. The van der Waals surface area contributed by atoms with E-state index in [0.29, 0.717) is 10.7 Å². The molecule has 0 bridgehead atoms. The summed E-state index contributed by atoms with van der Waals surface area (Å²) in [5, 5.41) is 3.90. The molecule has 7 heteroatoms. The number of hydrogen-bond acceptors (Lipinski definition) is 4. The summed E-state index contributed by atoms with van der Waals surface area (Å²) >= 11 is 6.00. The topological polar surface area (TPSA) is 71.1 Å². The summed E-state index contributed by atoms with van der Waals surface area (Å²) in [6.45, 7) is 0. The van der Waals surface area contributed by atoms with Gasteiger partial charge in [0.05, 0.1) is 18.1 Å². The Kier molecular flexibility index (Phi) is 4.92. The lowest BCUT2D eigenvalue weighted by atomic mass is 10.1. The first-order valence-electron chi connectivity index (χ1n) is 7.45. The van der Waals surface area contributed by atoms with Crippen molar-refractivity contribution in [3.63, 3.8) is 0 Å². The highest BCUT2D eigenvalue weighted by atomic mass is 35.5. The number of anilines is 3. The Morgan fingerprint density at radius 3 is 2.36 bits per heavy atom. The largest absolute Gasteiger partial charge is 0.354 e. The van der Waals surface area contributed by atoms with E-state index in [4.69, 9.17) is 11.6 Å². The molecule has 128 valence electrons. The molecule has 2 aromatic carbocycles. The van der Waals surface area contributed by atoms with Crippen LogP contribution in [0.15, 0.2) is 67.0 Å². The van der Waals surface area contributed by atoms with Crippen molar-refractivity contribution in [2.45, 2.75) is 0 Å². The average Bonchev–Trinajstić information content (AvgIpc) is 2.54. The van der Waals surface area contributed by atoms with Crippen LogP contribution in [0.2, 0.25) is 5.02 Å². The van der Waals surface area contributed by atoms with Gasteiger partial charge in [-0.05, 0) is 42.0 Å². The molecule has 0 spiro atoms. The Morgan fingerprint density at radius 2 is 1.60 bits per heavy atom. The van der Waals surface area contributed by atoms with Crippen molar-refractivity contribution in [1.29, 1.82) is 0 Å². The van der Waals surface area contributed by atoms with Gasteiger partial charge in [-0.25, -0.2) is 8.42 Å². The standard InChI is InChI=1S/C18H16ClN3O2S/c1-25(23,24)22-17-7-2-4-13(8-17)14-9-18(12-20-11-14)21-16-6-3-5-15(19)10-16/h2-12,21-22H,1H3. The monoisotopic (exact) mass is 373 g/mol. The Labute approximate surface area is 151 Å². The summed E-state index contributed by atoms with van der Waals surface area (Å²) in [5.41, 5.74) is 3.90. The number of hydrogen-bond donors (Lipinski definition) is 2. The molecule has 0 aliphatic heterocycles. The van der Waals surface area contributed by atoms with Gasteiger partial charge in [-0.15, -0.1) is 0 Å². The number of halogens is 1. The Morgan fingerprint density at radius 1 is 0.880 bits per heavy atom. The van der Waals surface area contributed by atoms with Gasteiger partial charge in [-0.2, -0.15) is 0 Å². The van der Waals surface area contributed by atoms with E-state index in [-0.39, 0.29) is 0 Å². The molecule has 3 aromatic rings. The number of aromatic nitrogens is 1. The zero-order valence-electron chi connectivity index (χ0n) is 13.4. The molecule has 0 aliphatic carbocycles. The third-order valence-corrected chi connectivity index (χ3v) is 4.19. The number of sulfonamides is 1. The second-order valence-electron chi connectivity index (χ2n) is 5.55. The number of nitrogens with one attached hydrogen (secondary N) is 2. The molecule has 0 saturated heterocycles. The predicted octanol–water partition coefficient (Wildman–Crippen LogP) is 4.52. The summed E-state index contributed by atoms with van der Waals surface area (Å²) in [7, 11) is -3.32. The van der Waals surface area contributed by atoms with Crippen molar-refractivity contribution in [2.24, 2.45) is 0 Å². The molecule has 2 N–H and O–H groups in total. The van der Waals surface area contributed by atoms with Gasteiger partial charge >= 0.3 is 0 Å². The van der Waals surface area contributed by atoms with E-state index < -0.39 is 10.0 Å². The van der Waals surface area contributed by atoms with Crippen LogP contribution < -0.4 is 10.0 Å². The molecular weight excluding hydrogens is 358 g/mol. The van der Waals surface area contributed by atoms with Gasteiger partial charge in [0.15, 0.2) is 0 Å². The summed E-state index contributed by atoms with van der Waals surface area (Å²) in [5.74, 6) is 0. The van der Waals surface area contributed by atoms with Crippen LogP contribution in [0.5, 0.6) is 0 Å². The predicted molar refractivity (Wildman–Crippen MR) is 103 cm³/mol. The average molecular weight is 374 g/mol. The fraction of sp³-hybridized carbons (Fsp3) is 0.0556. The van der Waals surface area contributed by atoms with Gasteiger partial charge in [0.1, 0.15) is 0 Å². The smallest absolute Gasteiger partial charge is 0.229 e. The van der Waals surface area contributed by atoms with Gasteiger partial charge in [-0.1, -0.05) is 29.8 Å². The van der Waals surface area contributed by atoms with Crippen LogP contribution >= 0.6 is 11.6 Å². The first kappa shape index (κ1) is 17.3. The number of nitrogens with zero attached hydrogens (tertiary/aromatic N) is 1. The van der Waals surface area contributed by atoms with Crippen LogP contribution in [0.25, 0.3) is 11.1 Å². The highest BCUT2D eigenvalue weighted by molar-refractivity contribution is 7.92. The van der Waals surface area contributed by atoms with Gasteiger partial charge in [0.25, 0.3) is 0 Å². The molecule has 0 aliphatic rings. The van der Waals surface area contributed by atoms with E-state index in [0.717, 1.165) is 28.8 Å². The molecule has 1 heterocycles. The van der Waals surface area contributed by atoms with Crippen LogP contribution in [0.4, 0.5) is 17.1 Å². The van der Waals surface area contributed by atoms with Crippen molar-refractivity contribution >= 4 is 38.7 Å². The fourth-order valence-electron chi connectivity index (χ4n) is 2.38. The Bertz CT molecular complexity index is 1010. The maximum absolute atomic E-state index is 11.4. The van der Waals surface area contributed by atoms with E-state index >= 15 is 0 Å². The van der Waals surface area contributed by atoms with Crippen molar-refractivity contribution in [2.75, 3.05) is 16.3 Å². The normalized spacial score (nSPS) is 11.1. The second kappa shape index (κ2) is 7.13. The van der Waals surface area contributed by atoms with Gasteiger partial charge in [0.2, 0.25) is 10.0 Å². The van der Waals surface area contributed by atoms with Crippen molar-refractivity contribution in [3.8, 4) is 11.1 Å². The van der Waals surface area contributed by atoms with Crippen LogP contribution in [-0.2, 0) is 10.0 Å². The first-order chi connectivity index (χ1) is 11.9. The van der Waals surface area contributed by atoms with Crippen molar-refractivity contribution < 1.29 is 8.42 Å². The van der Waals surface area contributed by atoms with Crippen LogP contribution in [0.1, 0.15) is 0 Å². The van der Waals surface area contributed by atoms with Crippen LogP contribution in [-0.4, -0.2) is 19.7 Å². The maximum Gasteiger partial charge on any atom is 0.229 e. The molecular formula is C18H16ClN3O2S. The first-order valence-corrected chi connectivity index (χ1v) is 9.72. The van der Waals surface area contributed by atoms with E-state index in [9.17, 15) is 8.42 Å².